The number of aromatic nitrogens is 3. The molecule has 6 nitrogen and oxygen atoms in total. The van der Waals surface area contributed by atoms with E-state index in [1.807, 2.05) is 26.8 Å². The van der Waals surface area contributed by atoms with E-state index in [-0.39, 0.29) is 5.91 Å². The highest BCUT2D eigenvalue weighted by molar-refractivity contribution is 5.92. The maximum atomic E-state index is 11.3. The quantitative estimate of drug-likeness (QED) is 0.938. The second-order valence-corrected chi connectivity index (χ2v) is 4.63. The average molecular weight is 288 g/mol. The van der Waals surface area contributed by atoms with Gasteiger partial charge in [-0.25, -0.2) is 9.97 Å². The van der Waals surface area contributed by atoms with Gasteiger partial charge in [-0.1, -0.05) is 19.0 Å². The van der Waals surface area contributed by atoms with Crippen molar-refractivity contribution in [2.45, 2.75) is 46.5 Å². The van der Waals surface area contributed by atoms with E-state index in [0.717, 1.165) is 35.6 Å². The fraction of sp³-hybridized carbons (Fsp3) is 0.467. The molecule has 0 saturated heterocycles. The predicted molar refractivity (Wildman–Crippen MR) is 79.0 cm³/mol. The zero-order chi connectivity index (χ0) is 15.2. The second kappa shape index (κ2) is 6.97. The number of nitrogens with zero attached hydrogens (tertiary/aromatic N) is 3. The summed E-state index contributed by atoms with van der Waals surface area (Å²) in [7, 11) is 0. The molecule has 3 heterocycles. The molecule has 6 heteroatoms. The van der Waals surface area contributed by atoms with Crippen LogP contribution in [-0.4, -0.2) is 21.0 Å². The molecule has 112 valence electrons. The van der Waals surface area contributed by atoms with Crippen LogP contribution in [0.15, 0.2) is 16.9 Å². The lowest BCUT2D eigenvalue weighted by molar-refractivity contribution is -0.116. The van der Waals surface area contributed by atoms with Gasteiger partial charge in [0.05, 0.1) is 5.69 Å². The number of carbonyl (C=O) groups is 1. The van der Waals surface area contributed by atoms with E-state index in [9.17, 15) is 4.79 Å². The molecule has 2 aromatic rings. The molecular formula is C15H20N4O2. The summed E-state index contributed by atoms with van der Waals surface area (Å²) in [6, 6.07) is 1.93. The number of hydrogen-bond donors (Lipinski definition) is 1. The Hall–Kier alpha value is -2.24. The van der Waals surface area contributed by atoms with Crippen LogP contribution < -0.4 is 5.32 Å². The van der Waals surface area contributed by atoms with E-state index in [0.29, 0.717) is 18.7 Å². The van der Waals surface area contributed by atoms with E-state index >= 15 is 0 Å². The van der Waals surface area contributed by atoms with Gasteiger partial charge >= 0.3 is 0 Å². The molecule has 2 aromatic heterocycles. The minimum absolute atomic E-state index is 0.0167. The number of rotatable bonds is 3. The predicted octanol–water partition coefficient (Wildman–Crippen LogP) is 2.47. The van der Waals surface area contributed by atoms with Crippen LogP contribution in [0.25, 0.3) is 0 Å². The number of hydrogen-bond acceptors (Lipinski definition) is 5. The third-order valence-electron chi connectivity index (χ3n) is 3.18. The number of amides is 1. The molecule has 1 aliphatic rings. The standard InChI is InChI=1S/C13H14N4O2.C2H6/c1-8-6-9(19-17-8)2-4-11-10-3-5-12(18)16-13(10)15-7-14-11;1-2/h6-7H,2-5H2,1H3,(H,14,15,16,18);1-2H3. The van der Waals surface area contributed by atoms with Gasteiger partial charge in [-0.3, -0.25) is 4.79 Å². The largest absolute Gasteiger partial charge is 0.361 e. The van der Waals surface area contributed by atoms with Gasteiger partial charge in [-0.05, 0) is 19.8 Å². The number of nitrogens with one attached hydrogen (secondary N) is 1. The Morgan fingerprint density at radius 2 is 2.05 bits per heavy atom. The minimum Gasteiger partial charge on any atom is -0.361 e. The number of aryl methyl sites for hydroxylation is 3. The molecule has 0 bridgehead atoms. The maximum absolute atomic E-state index is 11.3. The lowest BCUT2D eigenvalue weighted by Gasteiger charge is -2.17. The molecule has 0 unspecified atom stereocenters. The molecule has 0 atom stereocenters. The molecule has 1 N–H and O–H groups in total. The third-order valence-corrected chi connectivity index (χ3v) is 3.18. The number of fused-ring (bicyclic) bond motifs is 1. The summed E-state index contributed by atoms with van der Waals surface area (Å²) in [6.45, 7) is 5.90. The van der Waals surface area contributed by atoms with Crippen LogP contribution in [-0.2, 0) is 24.1 Å². The summed E-state index contributed by atoms with van der Waals surface area (Å²) in [5.74, 6) is 1.52. The summed E-state index contributed by atoms with van der Waals surface area (Å²) < 4.78 is 5.18. The van der Waals surface area contributed by atoms with Crippen molar-refractivity contribution in [2.24, 2.45) is 0 Å². The van der Waals surface area contributed by atoms with Crippen LogP contribution in [0.3, 0.4) is 0 Å². The molecule has 0 saturated carbocycles. The summed E-state index contributed by atoms with van der Waals surface area (Å²) in [5.41, 5.74) is 2.89. The first-order chi connectivity index (χ1) is 10.2. The molecule has 0 aromatic carbocycles. The van der Waals surface area contributed by atoms with Crippen molar-refractivity contribution in [3.8, 4) is 0 Å². The van der Waals surface area contributed by atoms with Gasteiger partial charge in [0.2, 0.25) is 5.91 Å². The first-order valence-electron chi connectivity index (χ1n) is 7.27. The van der Waals surface area contributed by atoms with Gasteiger partial charge in [0.15, 0.2) is 0 Å². The normalized spacial score (nSPS) is 13.0. The average Bonchev–Trinajstić information content (AvgIpc) is 2.92. The lowest BCUT2D eigenvalue weighted by atomic mass is 10.0. The summed E-state index contributed by atoms with van der Waals surface area (Å²) in [5, 5.41) is 6.64. The number of carbonyl (C=O) groups excluding carboxylic acids is 1. The SMILES string of the molecule is CC.Cc1cc(CCc2ncnc3c2CCC(=O)N3)on1. The van der Waals surface area contributed by atoms with Crippen molar-refractivity contribution >= 4 is 11.7 Å². The lowest BCUT2D eigenvalue weighted by Crippen LogP contribution is -2.22. The van der Waals surface area contributed by atoms with Crippen LogP contribution in [0.4, 0.5) is 5.82 Å². The Bertz CT molecular complexity index is 622. The molecule has 1 aliphatic heterocycles. The van der Waals surface area contributed by atoms with Crippen LogP contribution >= 0.6 is 0 Å². The van der Waals surface area contributed by atoms with Crippen molar-refractivity contribution < 1.29 is 9.32 Å². The van der Waals surface area contributed by atoms with Gasteiger partial charge in [-0.15, -0.1) is 0 Å². The molecule has 0 aliphatic carbocycles. The summed E-state index contributed by atoms with van der Waals surface area (Å²) in [6.07, 6.45) is 4.20. The van der Waals surface area contributed by atoms with Gasteiger partial charge in [0.1, 0.15) is 17.9 Å². The van der Waals surface area contributed by atoms with Gasteiger partial charge < -0.3 is 9.84 Å². The Morgan fingerprint density at radius 1 is 1.24 bits per heavy atom. The first-order valence-corrected chi connectivity index (χ1v) is 7.27. The molecule has 0 spiro atoms. The monoisotopic (exact) mass is 288 g/mol. The molecule has 1 amide bonds. The maximum Gasteiger partial charge on any atom is 0.225 e. The van der Waals surface area contributed by atoms with Crippen molar-refractivity contribution in [1.82, 2.24) is 15.1 Å². The van der Waals surface area contributed by atoms with E-state index in [2.05, 4.69) is 20.4 Å². The molecule has 3 rings (SSSR count). The zero-order valence-electron chi connectivity index (χ0n) is 12.6. The Balaban J connectivity index is 0.000000774. The van der Waals surface area contributed by atoms with E-state index < -0.39 is 0 Å². The number of anilines is 1. The van der Waals surface area contributed by atoms with E-state index in [1.54, 1.807) is 0 Å². The highest BCUT2D eigenvalue weighted by atomic mass is 16.5. The fourth-order valence-corrected chi connectivity index (χ4v) is 2.24. The molecule has 21 heavy (non-hydrogen) atoms. The van der Waals surface area contributed by atoms with Crippen LogP contribution in [0.5, 0.6) is 0 Å². The molecule has 0 radical (unpaired) electrons. The van der Waals surface area contributed by atoms with E-state index in [4.69, 9.17) is 4.52 Å². The highest BCUT2D eigenvalue weighted by Gasteiger charge is 2.19. The molecule has 0 fully saturated rings. The zero-order valence-corrected chi connectivity index (χ0v) is 12.6. The van der Waals surface area contributed by atoms with Crippen LogP contribution in [0.2, 0.25) is 0 Å². The smallest absolute Gasteiger partial charge is 0.225 e. The first kappa shape index (κ1) is 15.2. The Kier molecular flexibility index (Phi) is 5.03. The molecular weight excluding hydrogens is 268 g/mol. The second-order valence-electron chi connectivity index (χ2n) is 4.63. The van der Waals surface area contributed by atoms with Crippen molar-refractivity contribution in [3.63, 3.8) is 0 Å². The highest BCUT2D eigenvalue weighted by Crippen LogP contribution is 2.23. The summed E-state index contributed by atoms with van der Waals surface area (Å²) in [4.78, 5) is 19.7. The van der Waals surface area contributed by atoms with Crippen molar-refractivity contribution in [3.05, 3.63) is 35.1 Å². The Labute approximate surface area is 124 Å². The van der Waals surface area contributed by atoms with Gasteiger partial charge in [0.25, 0.3) is 0 Å². The van der Waals surface area contributed by atoms with Crippen LogP contribution in [0, 0.1) is 6.92 Å². The van der Waals surface area contributed by atoms with Crippen molar-refractivity contribution in [2.75, 3.05) is 5.32 Å². The topological polar surface area (TPSA) is 80.9 Å². The minimum atomic E-state index is 0.0167. The fourth-order valence-electron chi connectivity index (χ4n) is 2.24. The summed E-state index contributed by atoms with van der Waals surface area (Å²) >= 11 is 0. The Morgan fingerprint density at radius 3 is 2.76 bits per heavy atom. The van der Waals surface area contributed by atoms with Gasteiger partial charge in [-0.2, -0.15) is 0 Å². The third kappa shape index (κ3) is 3.65. The van der Waals surface area contributed by atoms with Crippen molar-refractivity contribution in [1.29, 1.82) is 0 Å². The van der Waals surface area contributed by atoms with Gasteiger partial charge in [0, 0.05) is 30.2 Å². The van der Waals surface area contributed by atoms with E-state index in [1.165, 1.54) is 6.33 Å². The van der Waals surface area contributed by atoms with Crippen LogP contribution in [0.1, 0.15) is 43.0 Å².